The summed E-state index contributed by atoms with van der Waals surface area (Å²) < 4.78 is 5.36. The van der Waals surface area contributed by atoms with E-state index in [1.54, 1.807) is 24.3 Å². The third-order valence-corrected chi connectivity index (χ3v) is 4.38. The van der Waals surface area contributed by atoms with E-state index >= 15 is 0 Å². The molecule has 2 rings (SSSR count). The molecule has 0 saturated carbocycles. The Balaban J connectivity index is 1.64. The van der Waals surface area contributed by atoms with Gasteiger partial charge < -0.3 is 20.7 Å². The SMILES string of the molecule is CCNC(=NCCCC(=O)Nc1ccc(Cl)cc1)NCCN1CCOCC1. The molecular weight excluding hydrogens is 366 g/mol. The van der Waals surface area contributed by atoms with E-state index in [-0.39, 0.29) is 5.91 Å². The van der Waals surface area contributed by atoms with Crippen LogP contribution in [-0.2, 0) is 9.53 Å². The first-order valence-corrected chi connectivity index (χ1v) is 9.93. The lowest BCUT2D eigenvalue weighted by molar-refractivity contribution is -0.116. The van der Waals surface area contributed by atoms with Crippen LogP contribution in [0.25, 0.3) is 0 Å². The minimum atomic E-state index is -0.0159. The Morgan fingerprint density at radius 3 is 2.67 bits per heavy atom. The summed E-state index contributed by atoms with van der Waals surface area (Å²) in [5.74, 6) is 0.779. The van der Waals surface area contributed by atoms with Gasteiger partial charge in [-0.25, -0.2) is 0 Å². The Morgan fingerprint density at radius 1 is 1.22 bits per heavy atom. The summed E-state index contributed by atoms with van der Waals surface area (Å²) in [6.45, 7) is 8.84. The van der Waals surface area contributed by atoms with Gasteiger partial charge in [0, 0.05) is 56.4 Å². The number of nitrogens with one attached hydrogen (secondary N) is 3. The van der Waals surface area contributed by atoms with E-state index in [0.717, 1.165) is 57.6 Å². The molecule has 8 heteroatoms. The molecule has 0 bridgehead atoms. The number of nitrogens with zero attached hydrogens (tertiary/aromatic N) is 2. The quantitative estimate of drug-likeness (QED) is 0.338. The van der Waals surface area contributed by atoms with Crippen molar-refractivity contribution in [1.82, 2.24) is 15.5 Å². The van der Waals surface area contributed by atoms with Gasteiger partial charge in [-0.05, 0) is 37.6 Å². The molecule has 0 aliphatic carbocycles. The third-order valence-electron chi connectivity index (χ3n) is 4.13. The molecule has 1 heterocycles. The summed E-state index contributed by atoms with van der Waals surface area (Å²) in [5.41, 5.74) is 0.756. The zero-order chi connectivity index (χ0) is 19.3. The first-order valence-electron chi connectivity index (χ1n) is 9.55. The van der Waals surface area contributed by atoms with Crippen molar-refractivity contribution in [2.75, 3.05) is 57.8 Å². The molecule has 0 atom stereocenters. The van der Waals surface area contributed by atoms with E-state index in [0.29, 0.717) is 24.4 Å². The first-order chi connectivity index (χ1) is 13.2. The second kappa shape index (κ2) is 12.5. The maximum absolute atomic E-state index is 12.0. The number of hydrogen-bond acceptors (Lipinski definition) is 4. The number of anilines is 1. The Kier molecular flexibility index (Phi) is 9.97. The van der Waals surface area contributed by atoms with Gasteiger partial charge in [0.15, 0.2) is 5.96 Å². The van der Waals surface area contributed by atoms with Crippen LogP contribution in [-0.4, -0.2) is 69.2 Å². The minimum absolute atomic E-state index is 0.0159. The molecule has 0 radical (unpaired) electrons. The fourth-order valence-corrected chi connectivity index (χ4v) is 2.81. The summed E-state index contributed by atoms with van der Waals surface area (Å²) in [6.07, 6.45) is 1.12. The Morgan fingerprint density at radius 2 is 1.96 bits per heavy atom. The van der Waals surface area contributed by atoms with Crippen LogP contribution in [0, 0.1) is 0 Å². The first kappa shape index (κ1) is 21.5. The van der Waals surface area contributed by atoms with Crippen molar-refractivity contribution in [1.29, 1.82) is 0 Å². The lowest BCUT2D eigenvalue weighted by atomic mass is 10.2. The summed E-state index contributed by atoms with van der Waals surface area (Å²) in [4.78, 5) is 18.9. The average molecular weight is 396 g/mol. The molecule has 0 spiro atoms. The highest BCUT2D eigenvalue weighted by atomic mass is 35.5. The molecule has 1 fully saturated rings. The van der Waals surface area contributed by atoms with E-state index in [1.807, 2.05) is 6.92 Å². The van der Waals surface area contributed by atoms with E-state index in [9.17, 15) is 4.79 Å². The van der Waals surface area contributed by atoms with Crippen LogP contribution >= 0.6 is 11.6 Å². The minimum Gasteiger partial charge on any atom is -0.379 e. The van der Waals surface area contributed by atoms with Gasteiger partial charge >= 0.3 is 0 Å². The van der Waals surface area contributed by atoms with Gasteiger partial charge in [0.05, 0.1) is 13.2 Å². The van der Waals surface area contributed by atoms with E-state index < -0.39 is 0 Å². The fourth-order valence-electron chi connectivity index (χ4n) is 2.69. The lowest BCUT2D eigenvalue weighted by Gasteiger charge is -2.26. The second-order valence-corrected chi connectivity index (χ2v) is 6.74. The van der Waals surface area contributed by atoms with Crippen LogP contribution in [0.5, 0.6) is 0 Å². The highest BCUT2D eigenvalue weighted by molar-refractivity contribution is 6.30. The third kappa shape index (κ3) is 9.08. The van der Waals surface area contributed by atoms with E-state index in [4.69, 9.17) is 16.3 Å². The van der Waals surface area contributed by atoms with Gasteiger partial charge in [0.1, 0.15) is 0 Å². The van der Waals surface area contributed by atoms with Crippen LogP contribution < -0.4 is 16.0 Å². The molecule has 1 aromatic carbocycles. The smallest absolute Gasteiger partial charge is 0.224 e. The van der Waals surface area contributed by atoms with E-state index in [1.165, 1.54) is 0 Å². The number of benzene rings is 1. The van der Waals surface area contributed by atoms with Gasteiger partial charge in [-0.1, -0.05) is 11.6 Å². The predicted octanol–water partition coefficient (Wildman–Crippen LogP) is 1.95. The Labute approximate surface area is 166 Å². The number of carbonyl (C=O) groups excluding carboxylic acids is 1. The lowest BCUT2D eigenvalue weighted by Crippen LogP contribution is -2.44. The van der Waals surface area contributed by atoms with Gasteiger partial charge in [-0.15, -0.1) is 0 Å². The number of ether oxygens (including phenoxy) is 1. The molecule has 0 aromatic heterocycles. The normalized spacial score (nSPS) is 15.4. The summed E-state index contributed by atoms with van der Waals surface area (Å²) >= 11 is 5.84. The number of guanidine groups is 1. The van der Waals surface area contributed by atoms with Crippen LogP contribution in [0.2, 0.25) is 5.02 Å². The van der Waals surface area contributed by atoms with Crippen LogP contribution in [0.15, 0.2) is 29.3 Å². The zero-order valence-electron chi connectivity index (χ0n) is 16.0. The van der Waals surface area contributed by atoms with E-state index in [2.05, 4.69) is 25.8 Å². The van der Waals surface area contributed by atoms with Crippen LogP contribution in [0.3, 0.4) is 0 Å². The number of hydrogen-bond donors (Lipinski definition) is 3. The average Bonchev–Trinajstić information content (AvgIpc) is 2.68. The predicted molar refractivity (Wildman–Crippen MR) is 111 cm³/mol. The van der Waals surface area contributed by atoms with Crippen molar-refractivity contribution in [2.45, 2.75) is 19.8 Å². The molecule has 7 nitrogen and oxygen atoms in total. The Hall–Kier alpha value is -1.83. The topological polar surface area (TPSA) is 78.0 Å². The van der Waals surface area contributed by atoms with Crippen LogP contribution in [0.4, 0.5) is 5.69 Å². The summed E-state index contributed by atoms with van der Waals surface area (Å²) in [5, 5.41) is 10.1. The van der Waals surface area contributed by atoms with Crippen molar-refractivity contribution >= 4 is 29.2 Å². The van der Waals surface area contributed by atoms with Gasteiger partial charge in [0.25, 0.3) is 0 Å². The zero-order valence-corrected chi connectivity index (χ0v) is 16.7. The summed E-state index contributed by atoms with van der Waals surface area (Å²) in [7, 11) is 0. The van der Waals surface area contributed by atoms with Crippen molar-refractivity contribution in [3.8, 4) is 0 Å². The molecular formula is C19H30ClN5O2. The second-order valence-electron chi connectivity index (χ2n) is 6.30. The molecule has 1 aromatic rings. The molecule has 150 valence electrons. The fraction of sp³-hybridized carbons (Fsp3) is 0.579. The molecule has 1 aliphatic rings. The van der Waals surface area contributed by atoms with Gasteiger partial charge in [0.2, 0.25) is 5.91 Å². The largest absolute Gasteiger partial charge is 0.379 e. The standard InChI is InChI=1S/C19H30ClN5O2/c1-2-21-19(23-10-11-25-12-14-27-15-13-25)22-9-3-4-18(26)24-17-7-5-16(20)6-8-17/h5-8H,2-4,9-15H2,1H3,(H,24,26)(H2,21,22,23). The van der Waals surface area contributed by atoms with Crippen molar-refractivity contribution in [3.05, 3.63) is 29.3 Å². The number of carbonyl (C=O) groups is 1. The number of halogens is 1. The van der Waals surface area contributed by atoms with Gasteiger partial charge in [-0.3, -0.25) is 14.7 Å². The highest BCUT2D eigenvalue weighted by Crippen LogP contribution is 2.13. The number of aliphatic imine (C=N–C) groups is 1. The molecule has 1 saturated heterocycles. The highest BCUT2D eigenvalue weighted by Gasteiger charge is 2.09. The molecule has 1 aliphatic heterocycles. The maximum Gasteiger partial charge on any atom is 0.224 e. The monoisotopic (exact) mass is 395 g/mol. The molecule has 27 heavy (non-hydrogen) atoms. The molecule has 0 unspecified atom stereocenters. The van der Waals surface area contributed by atoms with Crippen molar-refractivity contribution in [3.63, 3.8) is 0 Å². The molecule has 3 N–H and O–H groups in total. The van der Waals surface area contributed by atoms with Crippen molar-refractivity contribution in [2.24, 2.45) is 4.99 Å². The number of morpholine rings is 1. The summed E-state index contributed by atoms with van der Waals surface area (Å²) in [6, 6.07) is 7.10. The maximum atomic E-state index is 12.0. The van der Waals surface area contributed by atoms with Crippen LogP contribution in [0.1, 0.15) is 19.8 Å². The molecule has 1 amide bonds. The van der Waals surface area contributed by atoms with Crippen molar-refractivity contribution < 1.29 is 9.53 Å². The van der Waals surface area contributed by atoms with Gasteiger partial charge in [-0.2, -0.15) is 0 Å². The number of amides is 1. The number of rotatable bonds is 9. The Bertz CT molecular complexity index is 588.